The summed E-state index contributed by atoms with van der Waals surface area (Å²) in [6, 6.07) is 10.5. The third-order valence-electron chi connectivity index (χ3n) is 9.51. The lowest BCUT2D eigenvalue weighted by molar-refractivity contribution is 0.0941. The van der Waals surface area contributed by atoms with E-state index in [4.69, 9.17) is 15.0 Å². The molecule has 4 rings (SSSR count). The summed E-state index contributed by atoms with van der Waals surface area (Å²) < 4.78 is 1.28. The SMILES string of the molecule is CCCCC(CC)CN(CC(CC)CCCC)c1nc(-c2ccc(C)cc2)c(N=C2C(C)=C(C#N)C(=O)n3nc(CCC(C)C)nc32)s1. The average Bonchev–Trinajstić information content (AvgIpc) is 3.70. The summed E-state index contributed by atoms with van der Waals surface area (Å²) in [6.45, 7) is 19.3. The number of allylic oxidation sites excluding steroid dienone is 2. The zero-order valence-corrected chi connectivity index (χ0v) is 31.3. The Morgan fingerprint density at radius 3 is 2.10 bits per heavy atom. The highest BCUT2D eigenvalue weighted by atomic mass is 32.1. The Morgan fingerprint density at radius 2 is 1.56 bits per heavy atom. The zero-order chi connectivity index (χ0) is 34.8. The summed E-state index contributed by atoms with van der Waals surface area (Å²) >= 11 is 1.60. The Morgan fingerprint density at radius 1 is 0.938 bits per heavy atom. The molecule has 0 aliphatic carbocycles. The topological polar surface area (TPSA) is 100 Å². The van der Waals surface area contributed by atoms with E-state index in [1.165, 1.54) is 48.8 Å². The Labute approximate surface area is 292 Å². The first kappa shape index (κ1) is 37.2. The molecule has 2 unspecified atom stereocenters. The third-order valence-corrected chi connectivity index (χ3v) is 10.5. The lowest BCUT2D eigenvalue weighted by Gasteiger charge is -2.30. The second-order valence-corrected chi connectivity index (χ2v) is 14.8. The smallest absolute Gasteiger partial charge is 0.291 e. The molecule has 0 spiro atoms. The highest BCUT2D eigenvalue weighted by Crippen LogP contribution is 2.42. The Hall–Kier alpha value is -3.64. The van der Waals surface area contributed by atoms with Crippen molar-refractivity contribution in [2.75, 3.05) is 18.0 Å². The number of nitrogens with zero attached hydrogens (tertiary/aromatic N) is 7. The molecule has 8 nitrogen and oxygen atoms in total. The van der Waals surface area contributed by atoms with Gasteiger partial charge in [0, 0.05) is 30.6 Å². The van der Waals surface area contributed by atoms with Crippen LogP contribution in [0.1, 0.15) is 128 Å². The fourth-order valence-corrected chi connectivity index (χ4v) is 7.18. The highest BCUT2D eigenvalue weighted by Gasteiger charge is 2.33. The number of benzene rings is 1. The number of aryl methyl sites for hydroxylation is 2. The molecule has 0 bridgehead atoms. The van der Waals surface area contributed by atoms with Crippen molar-refractivity contribution in [2.45, 2.75) is 120 Å². The van der Waals surface area contributed by atoms with E-state index in [-0.39, 0.29) is 5.57 Å². The van der Waals surface area contributed by atoms with E-state index in [1.54, 1.807) is 18.3 Å². The first-order valence-electron chi connectivity index (χ1n) is 18.2. The number of aliphatic imine (C=N–C) groups is 1. The quantitative estimate of drug-likeness (QED) is 0.134. The second kappa shape index (κ2) is 17.7. The van der Waals surface area contributed by atoms with Crippen LogP contribution in [0.25, 0.3) is 11.3 Å². The Balaban J connectivity index is 1.88. The molecule has 3 aromatic rings. The summed E-state index contributed by atoms with van der Waals surface area (Å²) in [7, 11) is 0. The van der Waals surface area contributed by atoms with Gasteiger partial charge >= 0.3 is 0 Å². The number of unbranched alkanes of at least 4 members (excludes halogenated alkanes) is 2. The van der Waals surface area contributed by atoms with Gasteiger partial charge < -0.3 is 4.90 Å². The van der Waals surface area contributed by atoms with Gasteiger partial charge in [-0.3, -0.25) is 4.79 Å². The molecule has 48 heavy (non-hydrogen) atoms. The van der Waals surface area contributed by atoms with Gasteiger partial charge in [-0.25, -0.2) is 15.0 Å². The molecule has 9 heteroatoms. The van der Waals surface area contributed by atoms with E-state index in [2.05, 4.69) is 88.8 Å². The van der Waals surface area contributed by atoms with Crippen LogP contribution in [-0.4, -0.2) is 44.5 Å². The molecular weight excluding hydrogens is 615 g/mol. The van der Waals surface area contributed by atoms with Crippen molar-refractivity contribution in [2.24, 2.45) is 22.7 Å². The summed E-state index contributed by atoms with van der Waals surface area (Å²) in [5.41, 5.74) is 4.06. The molecule has 1 aliphatic rings. The molecule has 1 aliphatic heterocycles. The highest BCUT2D eigenvalue weighted by molar-refractivity contribution is 7.19. The molecule has 0 saturated heterocycles. The van der Waals surface area contributed by atoms with E-state index in [1.807, 2.05) is 0 Å². The predicted octanol–water partition coefficient (Wildman–Crippen LogP) is 10.2. The van der Waals surface area contributed by atoms with E-state index < -0.39 is 5.91 Å². The number of aromatic nitrogens is 4. The van der Waals surface area contributed by atoms with Gasteiger partial charge in [0.25, 0.3) is 5.91 Å². The Kier molecular flexibility index (Phi) is 13.7. The minimum absolute atomic E-state index is 0.0493. The number of anilines is 1. The maximum Gasteiger partial charge on any atom is 0.291 e. The third kappa shape index (κ3) is 9.07. The standard InChI is InChI=1S/C39H55N7OS/c1-9-13-15-29(11-3)24-45(25-30(12-4)16-14-10-2)39-43-35(31-20-18-27(7)19-21-31)37(48-39)42-34-28(8)32(23-40)38(47)46-36(34)41-33(44-46)22-17-26(5)6/h18-21,26,29-30H,9-17,22,24-25H2,1-8H3. The molecule has 0 saturated carbocycles. The Bertz CT molecular complexity index is 1600. The van der Waals surface area contributed by atoms with Crippen LogP contribution in [-0.2, 0) is 6.42 Å². The number of thiazole rings is 1. The van der Waals surface area contributed by atoms with Crippen LogP contribution in [0.2, 0.25) is 0 Å². The van der Waals surface area contributed by atoms with Crippen molar-refractivity contribution >= 4 is 33.1 Å². The van der Waals surface area contributed by atoms with Crippen molar-refractivity contribution in [3.05, 3.63) is 52.6 Å². The fourth-order valence-electron chi connectivity index (χ4n) is 6.19. The van der Waals surface area contributed by atoms with Gasteiger partial charge in [0.2, 0.25) is 0 Å². The van der Waals surface area contributed by atoms with Crippen molar-refractivity contribution < 1.29 is 4.79 Å². The van der Waals surface area contributed by atoms with Gasteiger partial charge in [-0.15, -0.1) is 5.10 Å². The first-order valence-corrected chi connectivity index (χ1v) is 19.0. The van der Waals surface area contributed by atoms with Gasteiger partial charge in [-0.05, 0) is 50.9 Å². The minimum Gasteiger partial charge on any atom is -0.347 e. The summed E-state index contributed by atoms with van der Waals surface area (Å²) in [5.74, 6) is 2.20. The largest absolute Gasteiger partial charge is 0.347 e. The average molecular weight is 670 g/mol. The van der Waals surface area contributed by atoms with Crippen molar-refractivity contribution in [3.8, 4) is 17.3 Å². The molecule has 0 radical (unpaired) electrons. The van der Waals surface area contributed by atoms with Crippen LogP contribution >= 0.6 is 11.3 Å². The lowest BCUT2D eigenvalue weighted by atomic mass is 9.96. The first-order chi connectivity index (χ1) is 23.1. The number of nitriles is 1. The van der Waals surface area contributed by atoms with Crippen LogP contribution < -0.4 is 4.90 Å². The van der Waals surface area contributed by atoms with Crippen molar-refractivity contribution in [1.82, 2.24) is 19.7 Å². The summed E-state index contributed by atoms with van der Waals surface area (Å²) in [5, 5.41) is 16.3. The van der Waals surface area contributed by atoms with Crippen LogP contribution in [0, 0.1) is 36.0 Å². The van der Waals surface area contributed by atoms with Crippen molar-refractivity contribution in [3.63, 3.8) is 0 Å². The zero-order valence-electron chi connectivity index (χ0n) is 30.5. The van der Waals surface area contributed by atoms with E-state index >= 15 is 0 Å². The number of hydrogen-bond acceptors (Lipinski definition) is 8. The lowest BCUT2D eigenvalue weighted by Crippen LogP contribution is -2.34. The fraction of sp³-hybridized carbons (Fsp3) is 0.590. The summed E-state index contributed by atoms with van der Waals surface area (Å²) in [4.78, 5) is 31.3. The monoisotopic (exact) mass is 669 g/mol. The van der Waals surface area contributed by atoms with Gasteiger partial charge in [-0.1, -0.05) is 121 Å². The molecule has 2 aromatic heterocycles. The maximum atomic E-state index is 13.3. The second-order valence-electron chi connectivity index (χ2n) is 13.8. The number of hydrogen-bond donors (Lipinski definition) is 0. The van der Waals surface area contributed by atoms with Gasteiger partial charge in [0.05, 0.1) is 0 Å². The molecule has 0 N–H and O–H groups in total. The van der Waals surface area contributed by atoms with Gasteiger partial charge in [0.15, 0.2) is 16.8 Å². The van der Waals surface area contributed by atoms with E-state index in [0.29, 0.717) is 47.1 Å². The molecule has 2 atom stereocenters. The normalized spacial score (nSPS) is 15.2. The van der Waals surface area contributed by atoms with Crippen LogP contribution in [0.4, 0.5) is 10.1 Å². The number of carbonyl (C=O) groups is 1. The van der Waals surface area contributed by atoms with Gasteiger partial charge in [-0.2, -0.15) is 9.94 Å². The summed E-state index contributed by atoms with van der Waals surface area (Å²) in [6.07, 6.45) is 11.1. The molecule has 3 heterocycles. The van der Waals surface area contributed by atoms with Gasteiger partial charge in [0.1, 0.15) is 28.0 Å². The van der Waals surface area contributed by atoms with Crippen molar-refractivity contribution in [1.29, 1.82) is 5.26 Å². The molecular formula is C39H55N7OS. The van der Waals surface area contributed by atoms with Crippen LogP contribution in [0.15, 0.2) is 40.4 Å². The number of rotatable bonds is 18. The van der Waals surface area contributed by atoms with Crippen LogP contribution in [0.5, 0.6) is 0 Å². The molecule has 258 valence electrons. The van der Waals surface area contributed by atoms with Crippen LogP contribution in [0.3, 0.4) is 0 Å². The predicted molar refractivity (Wildman–Crippen MR) is 199 cm³/mol. The minimum atomic E-state index is -0.447. The number of carbonyl (C=O) groups excluding carboxylic acids is 1. The molecule has 1 aromatic carbocycles. The molecule has 0 amide bonds. The van der Waals surface area contributed by atoms with E-state index in [9.17, 15) is 10.1 Å². The van der Waals surface area contributed by atoms with E-state index in [0.717, 1.165) is 53.7 Å². The maximum absolute atomic E-state index is 13.3. The molecule has 0 fully saturated rings. The number of fused-ring (bicyclic) bond motifs is 1.